The van der Waals surface area contributed by atoms with Gasteiger partial charge in [0.05, 0.1) is 18.1 Å². The molecule has 0 saturated carbocycles. The average molecular weight is 371 g/mol. The van der Waals surface area contributed by atoms with E-state index in [4.69, 9.17) is 4.74 Å². The van der Waals surface area contributed by atoms with Crippen LogP contribution in [0.2, 0.25) is 0 Å². The van der Waals surface area contributed by atoms with Crippen molar-refractivity contribution in [2.45, 2.75) is 44.1 Å². The number of hydrogen-bond acceptors (Lipinski definition) is 5. The SMILES string of the molecule is CCC[C@]1(C(=O)O)CN(S(=O)(=O)c2ccc(OC)c(C)c2)CC[C@H]1O. The van der Waals surface area contributed by atoms with Gasteiger partial charge in [0.1, 0.15) is 11.2 Å². The molecule has 0 unspecified atom stereocenters. The lowest BCUT2D eigenvalue weighted by Gasteiger charge is -2.42. The predicted molar refractivity (Wildman–Crippen MR) is 92.1 cm³/mol. The second kappa shape index (κ2) is 7.31. The van der Waals surface area contributed by atoms with Crippen LogP contribution in [-0.2, 0) is 14.8 Å². The molecule has 1 aliphatic rings. The highest BCUT2D eigenvalue weighted by molar-refractivity contribution is 7.89. The molecule has 2 rings (SSSR count). The second-order valence-electron chi connectivity index (χ2n) is 6.49. The fourth-order valence-electron chi connectivity index (χ4n) is 3.42. The number of rotatable bonds is 6. The summed E-state index contributed by atoms with van der Waals surface area (Å²) < 4.78 is 32.3. The molecule has 0 aromatic heterocycles. The summed E-state index contributed by atoms with van der Waals surface area (Å²) in [6, 6.07) is 4.55. The van der Waals surface area contributed by atoms with E-state index < -0.39 is 27.5 Å². The molecule has 7 nitrogen and oxygen atoms in total. The van der Waals surface area contributed by atoms with Gasteiger partial charge in [0.15, 0.2) is 0 Å². The van der Waals surface area contributed by atoms with Crippen LogP contribution in [0, 0.1) is 12.3 Å². The first-order valence-corrected chi connectivity index (χ1v) is 9.69. The average Bonchev–Trinajstić information content (AvgIpc) is 2.56. The Morgan fingerprint density at radius 3 is 2.64 bits per heavy atom. The number of benzene rings is 1. The van der Waals surface area contributed by atoms with Gasteiger partial charge < -0.3 is 14.9 Å². The number of ether oxygens (including phenoxy) is 1. The number of hydrogen-bond donors (Lipinski definition) is 2. The van der Waals surface area contributed by atoms with Crippen LogP contribution < -0.4 is 4.74 Å². The number of aliphatic carboxylic acids is 1. The maximum absolute atomic E-state index is 13.0. The first-order valence-electron chi connectivity index (χ1n) is 8.25. The highest BCUT2D eigenvalue weighted by Crippen LogP contribution is 2.38. The van der Waals surface area contributed by atoms with Gasteiger partial charge in [0.2, 0.25) is 10.0 Å². The van der Waals surface area contributed by atoms with Gasteiger partial charge >= 0.3 is 5.97 Å². The lowest BCUT2D eigenvalue weighted by molar-refractivity contribution is -0.161. The van der Waals surface area contributed by atoms with Crippen molar-refractivity contribution < 1.29 is 28.2 Å². The molecular weight excluding hydrogens is 346 g/mol. The number of aliphatic hydroxyl groups is 1. The molecule has 1 fully saturated rings. The summed E-state index contributed by atoms with van der Waals surface area (Å²) in [6.07, 6.45) is -0.203. The highest BCUT2D eigenvalue weighted by Gasteiger charge is 2.50. The fraction of sp³-hybridized carbons (Fsp3) is 0.588. The van der Waals surface area contributed by atoms with Crippen molar-refractivity contribution in [3.8, 4) is 5.75 Å². The van der Waals surface area contributed by atoms with E-state index in [0.717, 1.165) is 0 Å². The van der Waals surface area contributed by atoms with Crippen molar-refractivity contribution in [3.05, 3.63) is 23.8 Å². The van der Waals surface area contributed by atoms with E-state index in [0.29, 0.717) is 17.7 Å². The Bertz CT molecular complexity index is 748. The zero-order valence-corrected chi connectivity index (χ0v) is 15.5. The number of piperidine rings is 1. The molecule has 2 atom stereocenters. The summed E-state index contributed by atoms with van der Waals surface area (Å²) in [7, 11) is -2.34. The molecule has 1 heterocycles. The van der Waals surface area contributed by atoms with E-state index in [1.54, 1.807) is 13.0 Å². The molecule has 25 heavy (non-hydrogen) atoms. The zero-order chi connectivity index (χ0) is 18.8. The van der Waals surface area contributed by atoms with E-state index in [-0.39, 0.29) is 30.8 Å². The fourth-order valence-corrected chi connectivity index (χ4v) is 5.03. The number of carboxylic acids is 1. The Hall–Kier alpha value is -1.64. The number of aryl methyl sites for hydroxylation is 1. The smallest absolute Gasteiger partial charge is 0.313 e. The molecule has 140 valence electrons. The Kier molecular flexibility index (Phi) is 5.75. The lowest BCUT2D eigenvalue weighted by atomic mass is 9.74. The number of carboxylic acid groups (broad SMARTS) is 1. The summed E-state index contributed by atoms with van der Waals surface area (Å²) in [5.74, 6) is -0.577. The van der Waals surface area contributed by atoms with E-state index >= 15 is 0 Å². The van der Waals surface area contributed by atoms with Crippen molar-refractivity contribution >= 4 is 16.0 Å². The molecule has 8 heteroatoms. The van der Waals surface area contributed by atoms with Gasteiger partial charge in [-0.15, -0.1) is 0 Å². The molecule has 1 aromatic rings. The molecule has 0 amide bonds. The number of sulfonamides is 1. The standard InChI is InChI=1S/C17H25NO6S/c1-4-8-17(16(20)21)11-18(9-7-15(17)19)25(22,23)13-5-6-14(24-3)12(2)10-13/h5-6,10,15,19H,4,7-9,11H2,1-3H3,(H,20,21)/t15-,17+/m1/s1. The molecule has 0 radical (unpaired) electrons. The minimum Gasteiger partial charge on any atom is -0.496 e. The van der Waals surface area contributed by atoms with Crippen LogP contribution in [0.3, 0.4) is 0 Å². The van der Waals surface area contributed by atoms with Crippen molar-refractivity contribution in [1.29, 1.82) is 0 Å². The Balaban J connectivity index is 2.39. The number of nitrogens with zero attached hydrogens (tertiary/aromatic N) is 1. The van der Waals surface area contributed by atoms with E-state index in [2.05, 4.69) is 0 Å². The molecule has 1 aromatic carbocycles. The van der Waals surface area contributed by atoms with Crippen LogP contribution in [0.25, 0.3) is 0 Å². The van der Waals surface area contributed by atoms with Crippen LogP contribution in [-0.4, -0.2) is 55.2 Å². The summed E-state index contributed by atoms with van der Waals surface area (Å²) in [6.45, 7) is 3.42. The van der Waals surface area contributed by atoms with E-state index in [1.165, 1.54) is 23.5 Å². The first kappa shape index (κ1) is 19.7. The van der Waals surface area contributed by atoms with Gasteiger partial charge in [-0.2, -0.15) is 4.31 Å². The summed E-state index contributed by atoms with van der Waals surface area (Å²) in [5.41, 5.74) is -0.791. The van der Waals surface area contributed by atoms with Gasteiger partial charge in [0, 0.05) is 13.1 Å². The molecule has 0 aliphatic carbocycles. The lowest BCUT2D eigenvalue weighted by Crippen LogP contribution is -2.57. The van der Waals surface area contributed by atoms with Crippen LogP contribution >= 0.6 is 0 Å². The van der Waals surface area contributed by atoms with Gasteiger partial charge in [-0.1, -0.05) is 13.3 Å². The molecule has 0 spiro atoms. The Morgan fingerprint density at radius 2 is 2.12 bits per heavy atom. The number of aliphatic hydroxyl groups excluding tert-OH is 1. The maximum atomic E-state index is 13.0. The zero-order valence-electron chi connectivity index (χ0n) is 14.7. The largest absolute Gasteiger partial charge is 0.496 e. The van der Waals surface area contributed by atoms with Gasteiger partial charge in [0.25, 0.3) is 0 Å². The minimum atomic E-state index is -3.85. The normalized spacial score (nSPS) is 24.9. The number of methoxy groups -OCH3 is 1. The quantitative estimate of drug-likeness (QED) is 0.788. The van der Waals surface area contributed by atoms with Gasteiger partial charge in [-0.3, -0.25) is 4.79 Å². The molecule has 0 bridgehead atoms. The maximum Gasteiger partial charge on any atom is 0.313 e. The van der Waals surface area contributed by atoms with Crippen LogP contribution in [0.4, 0.5) is 0 Å². The third kappa shape index (κ3) is 3.51. The number of carbonyl (C=O) groups is 1. The Labute approximate surface area is 148 Å². The molecular formula is C17H25NO6S. The van der Waals surface area contributed by atoms with Gasteiger partial charge in [-0.05, 0) is 43.5 Å². The van der Waals surface area contributed by atoms with Crippen molar-refractivity contribution in [1.82, 2.24) is 4.31 Å². The van der Waals surface area contributed by atoms with Crippen molar-refractivity contribution in [3.63, 3.8) is 0 Å². The molecule has 1 aliphatic heterocycles. The third-order valence-electron chi connectivity index (χ3n) is 4.87. The summed E-state index contributed by atoms with van der Waals surface area (Å²) in [5, 5.41) is 19.9. The van der Waals surface area contributed by atoms with Crippen LogP contribution in [0.5, 0.6) is 5.75 Å². The molecule has 1 saturated heterocycles. The minimum absolute atomic E-state index is 0.0906. The Morgan fingerprint density at radius 1 is 1.44 bits per heavy atom. The van der Waals surface area contributed by atoms with Crippen molar-refractivity contribution in [2.24, 2.45) is 5.41 Å². The highest BCUT2D eigenvalue weighted by atomic mass is 32.2. The summed E-state index contributed by atoms with van der Waals surface area (Å²) in [4.78, 5) is 11.9. The third-order valence-corrected chi connectivity index (χ3v) is 6.72. The van der Waals surface area contributed by atoms with Crippen LogP contribution in [0.15, 0.2) is 23.1 Å². The first-order chi connectivity index (χ1) is 11.7. The van der Waals surface area contributed by atoms with E-state index in [9.17, 15) is 23.4 Å². The van der Waals surface area contributed by atoms with Crippen LogP contribution in [0.1, 0.15) is 31.7 Å². The molecule has 2 N–H and O–H groups in total. The van der Waals surface area contributed by atoms with Crippen molar-refractivity contribution in [2.75, 3.05) is 20.2 Å². The monoisotopic (exact) mass is 371 g/mol. The second-order valence-corrected chi connectivity index (χ2v) is 8.42. The van der Waals surface area contributed by atoms with Gasteiger partial charge in [-0.25, -0.2) is 8.42 Å². The summed E-state index contributed by atoms with van der Waals surface area (Å²) >= 11 is 0. The predicted octanol–water partition coefficient (Wildman–Crippen LogP) is 1.63. The van der Waals surface area contributed by atoms with E-state index in [1.807, 2.05) is 6.92 Å². The topological polar surface area (TPSA) is 104 Å².